The minimum Gasteiger partial charge on any atom is -0.250 e. The Kier molecular flexibility index (Phi) is 17.5. The molecule has 0 saturated heterocycles. The number of hydrogen-bond donors (Lipinski definition) is 1. The molecule has 0 amide bonds. The number of unbranched alkanes of at least 4 members (excludes halogenated alkanes) is 15. The first-order valence-electron chi connectivity index (χ1n) is 15.4. The number of benzene rings is 1. The van der Waals surface area contributed by atoms with Gasteiger partial charge in [0.2, 0.25) is 6.33 Å². The Morgan fingerprint density at radius 1 is 0.629 bits per heavy atom. The first kappa shape index (κ1) is 29.7. The number of aromatic nitrogens is 2. The molecule has 0 radical (unpaired) electrons. The van der Waals surface area contributed by atoms with Gasteiger partial charge in [-0.2, -0.15) is 0 Å². The highest BCUT2D eigenvalue weighted by molar-refractivity contribution is 5.15. The zero-order chi connectivity index (χ0) is 24.8. The van der Waals surface area contributed by atoms with Crippen LogP contribution in [0.25, 0.3) is 0 Å². The van der Waals surface area contributed by atoms with Gasteiger partial charge in [-0.3, -0.25) is 4.98 Å². The van der Waals surface area contributed by atoms with Crippen molar-refractivity contribution in [2.75, 3.05) is 0 Å². The molecule has 2 nitrogen and oxygen atoms in total. The number of hydrogen-bond acceptors (Lipinski definition) is 0. The van der Waals surface area contributed by atoms with Crippen LogP contribution in [0.2, 0.25) is 0 Å². The second-order valence-corrected chi connectivity index (χ2v) is 11.0. The molecule has 0 aliphatic heterocycles. The predicted octanol–water partition coefficient (Wildman–Crippen LogP) is 10.2. The summed E-state index contributed by atoms with van der Waals surface area (Å²) in [6.07, 6.45) is 34.4. The summed E-state index contributed by atoms with van der Waals surface area (Å²) < 4.78 is 2.48. The lowest BCUT2D eigenvalue weighted by atomic mass is 9.84. The Hall–Kier alpha value is -1.57. The topological polar surface area (TPSA) is 19.7 Å². The van der Waals surface area contributed by atoms with Crippen LogP contribution in [0, 0.1) is 5.92 Å². The maximum absolute atomic E-state index is 3.32. The van der Waals surface area contributed by atoms with Gasteiger partial charge < -0.3 is 0 Å². The number of nitrogens with one attached hydrogen (secondary N) is 1. The Morgan fingerprint density at radius 2 is 1.14 bits per heavy atom. The molecule has 0 aliphatic carbocycles. The van der Waals surface area contributed by atoms with Gasteiger partial charge in [-0.05, 0) is 31.2 Å². The first-order chi connectivity index (χ1) is 17.3. The summed E-state index contributed by atoms with van der Waals surface area (Å²) in [6, 6.07) is 11.8. The maximum atomic E-state index is 3.32. The number of H-pyrrole nitrogens is 1. The molecule has 2 unspecified atom stereocenters. The number of rotatable bonds is 23. The molecule has 0 saturated carbocycles. The van der Waals surface area contributed by atoms with Crippen molar-refractivity contribution < 1.29 is 4.57 Å². The van der Waals surface area contributed by atoms with E-state index in [0.29, 0.717) is 12.0 Å². The monoisotopic (exact) mass is 481 g/mol. The minimum atomic E-state index is 0.607. The Balaban J connectivity index is 1.78. The number of nitrogens with zero attached hydrogens (tertiary/aromatic N) is 1. The molecule has 0 fully saturated rings. The van der Waals surface area contributed by atoms with Crippen molar-refractivity contribution in [3.05, 3.63) is 54.6 Å². The van der Waals surface area contributed by atoms with Crippen LogP contribution in [0.3, 0.4) is 0 Å². The Morgan fingerprint density at radius 3 is 1.66 bits per heavy atom. The van der Waals surface area contributed by atoms with E-state index in [2.05, 4.69) is 72.5 Å². The van der Waals surface area contributed by atoms with E-state index in [1.54, 1.807) is 0 Å². The second kappa shape index (κ2) is 20.6. The van der Waals surface area contributed by atoms with Gasteiger partial charge in [-0.15, -0.1) is 0 Å². The van der Waals surface area contributed by atoms with Crippen LogP contribution in [-0.4, -0.2) is 4.98 Å². The summed E-state index contributed by atoms with van der Waals surface area (Å²) in [6.45, 7) is 4.61. The zero-order valence-corrected chi connectivity index (χ0v) is 23.4. The molecule has 1 aromatic carbocycles. The average Bonchev–Trinajstić information content (AvgIpc) is 3.41. The fraction of sp³-hybridized carbons (Fsp3) is 0.727. The fourth-order valence-corrected chi connectivity index (χ4v) is 5.69. The van der Waals surface area contributed by atoms with E-state index in [4.69, 9.17) is 0 Å². The molecular weight excluding hydrogens is 424 g/mol. The van der Waals surface area contributed by atoms with E-state index in [0.717, 1.165) is 0 Å². The largest absolute Gasteiger partial charge is 0.250 e. The van der Waals surface area contributed by atoms with Crippen molar-refractivity contribution in [1.82, 2.24) is 4.98 Å². The Labute approximate surface area is 218 Å². The summed E-state index contributed by atoms with van der Waals surface area (Å²) in [4.78, 5) is 3.32. The number of aromatic amines is 1. The van der Waals surface area contributed by atoms with Gasteiger partial charge in [0, 0.05) is 5.92 Å². The molecule has 2 atom stereocenters. The quantitative estimate of drug-likeness (QED) is 0.120. The second-order valence-electron chi connectivity index (χ2n) is 11.0. The first-order valence-corrected chi connectivity index (χ1v) is 15.4. The van der Waals surface area contributed by atoms with Gasteiger partial charge in [-0.25, -0.2) is 4.57 Å². The predicted molar refractivity (Wildman–Crippen MR) is 153 cm³/mol. The molecule has 2 heteroatoms. The molecule has 1 aromatic heterocycles. The molecule has 35 heavy (non-hydrogen) atoms. The van der Waals surface area contributed by atoms with Crippen molar-refractivity contribution in [3.63, 3.8) is 0 Å². The molecule has 0 spiro atoms. The molecule has 1 N–H and O–H groups in total. The highest BCUT2D eigenvalue weighted by Gasteiger charge is 2.26. The molecule has 1 heterocycles. The number of imidazole rings is 1. The minimum absolute atomic E-state index is 0.607. The molecule has 198 valence electrons. The maximum Gasteiger partial charge on any atom is 0.241 e. The molecule has 2 aromatic rings. The van der Waals surface area contributed by atoms with E-state index < -0.39 is 0 Å². The normalized spacial score (nSPS) is 13.2. The van der Waals surface area contributed by atoms with Crippen LogP contribution < -0.4 is 4.57 Å². The van der Waals surface area contributed by atoms with E-state index >= 15 is 0 Å². The summed E-state index contributed by atoms with van der Waals surface area (Å²) in [5, 5.41) is 0. The van der Waals surface area contributed by atoms with Gasteiger partial charge >= 0.3 is 0 Å². The molecule has 0 aliphatic rings. The highest BCUT2D eigenvalue weighted by Crippen LogP contribution is 2.29. The van der Waals surface area contributed by atoms with E-state index in [1.165, 1.54) is 134 Å². The molecule has 0 bridgehead atoms. The summed E-state index contributed by atoms with van der Waals surface area (Å²) in [5.41, 5.74) is 1.50. The van der Waals surface area contributed by atoms with Crippen molar-refractivity contribution >= 4 is 0 Å². The third kappa shape index (κ3) is 13.9. The highest BCUT2D eigenvalue weighted by atomic mass is 15.1. The third-order valence-corrected chi connectivity index (χ3v) is 7.87. The van der Waals surface area contributed by atoms with Crippen LogP contribution in [0.5, 0.6) is 0 Å². The average molecular weight is 482 g/mol. The van der Waals surface area contributed by atoms with Gasteiger partial charge in [0.15, 0.2) is 0 Å². The van der Waals surface area contributed by atoms with Crippen molar-refractivity contribution in [1.29, 1.82) is 0 Å². The lowest BCUT2D eigenvalue weighted by Gasteiger charge is -2.25. The van der Waals surface area contributed by atoms with Crippen molar-refractivity contribution in [3.8, 4) is 0 Å². The van der Waals surface area contributed by atoms with Gasteiger partial charge in [0.1, 0.15) is 18.4 Å². The van der Waals surface area contributed by atoms with E-state index in [-0.39, 0.29) is 0 Å². The van der Waals surface area contributed by atoms with Crippen LogP contribution in [0.1, 0.15) is 147 Å². The summed E-state index contributed by atoms with van der Waals surface area (Å²) in [5.74, 6) is 0.715. The standard InChI is InChI=1S/C33H56N2/c1-3-5-7-9-10-11-12-13-14-15-17-21-25-32(29-31-23-19-18-20-24-31)33(35-28-27-34-30-35)26-22-16-8-6-4-2/h18-20,23-24,27-28,30,32-33H,3-17,21-22,25-26,29H2,1-2H3/p+1. The van der Waals surface area contributed by atoms with Crippen LogP contribution >= 0.6 is 0 Å². The van der Waals surface area contributed by atoms with Crippen LogP contribution in [0.15, 0.2) is 49.1 Å². The lowest BCUT2D eigenvalue weighted by molar-refractivity contribution is -0.730. The van der Waals surface area contributed by atoms with Gasteiger partial charge in [0.05, 0.1) is 0 Å². The van der Waals surface area contributed by atoms with Crippen LogP contribution in [-0.2, 0) is 6.42 Å². The summed E-state index contributed by atoms with van der Waals surface area (Å²) >= 11 is 0. The summed E-state index contributed by atoms with van der Waals surface area (Å²) in [7, 11) is 0. The van der Waals surface area contributed by atoms with Crippen LogP contribution in [0.4, 0.5) is 0 Å². The third-order valence-electron chi connectivity index (χ3n) is 7.87. The van der Waals surface area contributed by atoms with Crippen molar-refractivity contribution in [2.45, 2.75) is 148 Å². The SMILES string of the molecule is CCCCCCCCCCCCCCC(Cc1ccccc1)C(CCCCCCC)[n+]1cc[nH]c1. The van der Waals surface area contributed by atoms with Gasteiger partial charge in [-0.1, -0.05) is 147 Å². The zero-order valence-electron chi connectivity index (χ0n) is 23.4. The molecular formula is C33H57N2+. The Bertz CT molecular complexity index is 678. The smallest absolute Gasteiger partial charge is 0.241 e. The lowest BCUT2D eigenvalue weighted by Crippen LogP contribution is -2.42. The molecule has 2 rings (SSSR count). The van der Waals surface area contributed by atoms with Gasteiger partial charge in [0.25, 0.3) is 0 Å². The van der Waals surface area contributed by atoms with E-state index in [9.17, 15) is 0 Å². The van der Waals surface area contributed by atoms with E-state index in [1.807, 2.05) is 0 Å². The fourth-order valence-electron chi connectivity index (χ4n) is 5.69. The van der Waals surface area contributed by atoms with Crippen molar-refractivity contribution in [2.24, 2.45) is 5.92 Å².